The van der Waals surface area contributed by atoms with Gasteiger partial charge in [-0.2, -0.15) is 0 Å². The SMILES string of the molecule is CCNC(=NCC(CCO)CC(C)C)NC1CCN(CC(F)F)CC1.I. The quantitative estimate of drug-likeness (QED) is 0.251. The van der Waals surface area contributed by atoms with Crippen molar-refractivity contribution in [3.8, 4) is 0 Å². The molecule has 1 heterocycles. The molecule has 0 aromatic carbocycles. The van der Waals surface area contributed by atoms with Crippen LogP contribution in [0.15, 0.2) is 4.99 Å². The summed E-state index contributed by atoms with van der Waals surface area (Å²) in [6.07, 6.45) is 1.27. The summed E-state index contributed by atoms with van der Waals surface area (Å²) in [7, 11) is 0. The minimum atomic E-state index is -2.26. The van der Waals surface area contributed by atoms with Gasteiger partial charge in [-0.3, -0.25) is 9.89 Å². The molecular formula is C18H37F2IN4O. The molecule has 8 heteroatoms. The Kier molecular flexibility index (Phi) is 14.7. The van der Waals surface area contributed by atoms with Crippen LogP contribution in [-0.4, -0.2) is 67.8 Å². The van der Waals surface area contributed by atoms with Crippen LogP contribution in [0, 0.1) is 11.8 Å². The molecule has 1 aliphatic heterocycles. The van der Waals surface area contributed by atoms with Crippen molar-refractivity contribution in [3.63, 3.8) is 0 Å². The fourth-order valence-corrected chi connectivity index (χ4v) is 3.32. The van der Waals surface area contributed by atoms with E-state index in [2.05, 4.69) is 24.5 Å². The van der Waals surface area contributed by atoms with Crippen LogP contribution in [0.1, 0.15) is 46.5 Å². The molecular weight excluding hydrogens is 453 g/mol. The first-order chi connectivity index (χ1) is 11.9. The van der Waals surface area contributed by atoms with Gasteiger partial charge in [-0.1, -0.05) is 13.8 Å². The van der Waals surface area contributed by atoms with E-state index in [4.69, 9.17) is 4.99 Å². The third kappa shape index (κ3) is 11.5. The van der Waals surface area contributed by atoms with Crippen LogP contribution >= 0.6 is 24.0 Å². The Morgan fingerprint density at radius 1 is 1.27 bits per heavy atom. The summed E-state index contributed by atoms with van der Waals surface area (Å²) in [6, 6.07) is 0.271. The van der Waals surface area contributed by atoms with Crippen LogP contribution in [0.25, 0.3) is 0 Å². The molecule has 0 aromatic rings. The number of guanidine groups is 1. The number of nitrogens with zero attached hydrogens (tertiary/aromatic N) is 2. The zero-order valence-corrected chi connectivity index (χ0v) is 18.7. The molecule has 1 aliphatic rings. The molecule has 1 saturated heterocycles. The standard InChI is InChI=1S/C18H36F2N4O.HI/c1-4-21-18(22-12-15(7-10-25)11-14(2)3)23-16-5-8-24(9-6-16)13-17(19)20;/h14-17,25H,4-13H2,1-3H3,(H2,21,22,23);1H. The largest absolute Gasteiger partial charge is 0.396 e. The first-order valence-electron chi connectivity index (χ1n) is 9.60. The average Bonchev–Trinajstić information content (AvgIpc) is 2.53. The minimum Gasteiger partial charge on any atom is -0.396 e. The zero-order chi connectivity index (χ0) is 18.7. The van der Waals surface area contributed by atoms with E-state index in [0.29, 0.717) is 31.5 Å². The van der Waals surface area contributed by atoms with Gasteiger partial charge in [-0.25, -0.2) is 8.78 Å². The number of alkyl halides is 2. The molecule has 0 aromatic heterocycles. The van der Waals surface area contributed by atoms with Crippen molar-refractivity contribution < 1.29 is 13.9 Å². The van der Waals surface area contributed by atoms with Crippen molar-refractivity contribution in [1.82, 2.24) is 15.5 Å². The molecule has 26 heavy (non-hydrogen) atoms. The molecule has 0 radical (unpaired) electrons. The highest BCUT2D eigenvalue weighted by Crippen LogP contribution is 2.16. The smallest absolute Gasteiger partial charge is 0.251 e. The van der Waals surface area contributed by atoms with Gasteiger partial charge < -0.3 is 15.7 Å². The number of hydrogen-bond acceptors (Lipinski definition) is 3. The van der Waals surface area contributed by atoms with Crippen LogP contribution in [0.2, 0.25) is 0 Å². The lowest BCUT2D eigenvalue weighted by Crippen LogP contribution is -2.49. The number of hydrogen-bond donors (Lipinski definition) is 3. The van der Waals surface area contributed by atoms with Crippen LogP contribution in [0.5, 0.6) is 0 Å². The number of halogens is 3. The average molecular weight is 490 g/mol. The Morgan fingerprint density at radius 2 is 1.92 bits per heavy atom. The molecule has 0 aliphatic carbocycles. The summed E-state index contributed by atoms with van der Waals surface area (Å²) in [6.45, 7) is 9.34. The number of aliphatic imine (C=N–C) groups is 1. The molecule has 1 rings (SSSR count). The first kappa shape index (κ1) is 25.8. The van der Waals surface area contributed by atoms with Crippen molar-refractivity contribution in [2.45, 2.75) is 58.9 Å². The number of piperidine rings is 1. The summed E-state index contributed by atoms with van der Waals surface area (Å²) < 4.78 is 24.9. The Bertz CT molecular complexity index is 378. The number of aliphatic hydroxyl groups is 1. The minimum absolute atomic E-state index is 0. The van der Waals surface area contributed by atoms with E-state index in [9.17, 15) is 13.9 Å². The number of rotatable bonds is 10. The maximum Gasteiger partial charge on any atom is 0.251 e. The molecule has 5 nitrogen and oxygen atoms in total. The van der Waals surface area contributed by atoms with Crippen LogP contribution in [0.3, 0.4) is 0 Å². The second kappa shape index (κ2) is 14.8. The van der Waals surface area contributed by atoms with Gasteiger partial charge in [-0.15, -0.1) is 24.0 Å². The maximum atomic E-state index is 12.5. The lowest BCUT2D eigenvalue weighted by molar-refractivity contribution is 0.0744. The molecule has 0 spiro atoms. The van der Waals surface area contributed by atoms with Crippen molar-refractivity contribution in [2.24, 2.45) is 16.8 Å². The highest BCUT2D eigenvalue weighted by molar-refractivity contribution is 14.0. The molecule has 1 atom stereocenters. The highest BCUT2D eigenvalue weighted by Gasteiger charge is 2.22. The van der Waals surface area contributed by atoms with Crippen molar-refractivity contribution in [1.29, 1.82) is 0 Å². The van der Waals surface area contributed by atoms with Crippen LogP contribution in [0.4, 0.5) is 8.78 Å². The summed E-state index contributed by atoms with van der Waals surface area (Å²) in [5.41, 5.74) is 0. The fourth-order valence-electron chi connectivity index (χ4n) is 3.32. The van der Waals surface area contributed by atoms with Gasteiger partial charge in [-0.05, 0) is 44.4 Å². The third-order valence-corrected chi connectivity index (χ3v) is 4.52. The van der Waals surface area contributed by atoms with Gasteiger partial charge in [0.15, 0.2) is 5.96 Å². The number of likely N-dealkylation sites (tertiary alicyclic amines) is 1. The van der Waals surface area contributed by atoms with E-state index in [1.807, 2.05) is 11.8 Å². The monoisotopic (exact) mass is 490 g/mol. The lowest BCUT2D eigenvalue weighted by Gasteiger charge is -2.32. The van der Waals surface area contributed by atoms with Gasteiger partial charge in [0.05, 0.1) is 6.54 Å². The van der Waals surface area contributed by atoms with Crippen molar-refractivity contribution in [2.75, 3.05) is 39.3 Å². The third-order valence-electron chi connectivity index (χ3n) is 4.52. The molecule has 1 unspecified atom stereocenters. The second-order valence-corrected chi connectivity index (χ2v) is 7.34. The molecule has 0 bridgehead atoms. The lowest BCUT2D eigenvalue weighted by atomic mass is 9.94. The predicted octanol–water partition coefficient (Wildman–Crippen LogP) is 2.93. The summed E-state index contributed by atoms with van der Waals surface area (Å²) >= 11 is 0. The first-order valence-corrected chi connectivity index (χ1v) is 9.60. The van der Waals surface area contributed by atoms with E-state index in [1.165, 1.54) is 0 Å². The molecule has 156 valence electrons. The van der Waals surface area contributed by atoms with Gasteiger partial charge >= 0.3 is 0 Å². The Hall–Kier alpha value is -0.220. The van der Waals surface area contributed by atoms with E-state index in [1.54, 1.807) is 0 Å². The second-order valence-electron chi connectivity index (χ2n) is 7.34. The van der Waals surface area contributed by atoms with Crippen LogP contribution in [-0.2, 0) is 0 Å². The predicted molar refractivity (Wildman–Crippen MR) is 115 cm³/mol. The molecule has 3 N–H and O–H groups in total. The van der Waals surface area contributed by atoms with E-state index >= 15 is 0 Å². The number of aliphatic hydroxyl groups excluding tert-OH is 1. The number of nitrogens with one attached hydrogen (secondary N) is 2. The zero-order valence-electron chi connectivity index (χ0n) is 16.4. The Balaban J connectivity index is 0.00000625. The Morgan fingerprint density at radius 3 is 2.42 bits per heavy atom. The Labute approximate surface area is 174 Å². The molecule has 1 fully saturated rings. The summed E-state index contributed by atoms with van der Waals surface area (Å²) in [5.74, 6) is 1.76. The normalized spacial score (nSPS) is 18.1. The van der Waals surface area contributed by atoms with Gasteiger partial charge in [0.1, 0.15) is 0 Å². The van der Waals surface area contributed by atoms with Gasteiger partial charge in [0, 0.05) is 38.8 Å². The summed E-state index contributed by atoms with van der Waals surface area (Å²) in [4.78, 5) is 6.52. The van der Waals surface area contributed by atoms with Gasteiger partial charge in [0.2, 0.25) is 0 Å². The van der Waals surface area contributed by atoms with E-state index in [0.717, 1.165) is 38.2 Å². The van der Waals surface area contributed by atoms with Crippen LogP contribution < -0.4 is 10.6 Å². The summed E-state index contributed by atoms with van der Waals surface area (Å²) in [5, 5.41) is 15.9. The highest BCUT2D eigenvalue weighted by atomic mass is 127. The van der Waals surface area contributed by atoms with Crippen molar-refractivity contribution in [3.05, 3.63) is 0 Å². The molecule has 0 saturated carbocycles. The molecule has 0 amide bonds. The topological polar surface area (TPSA) is 59.9 Å². The van der Waals surface area contributed by atoms with E-state index < -0.39 is 6.43 Å². The maximum absolute atomic E-state index is 12.5. The van der Waals surface area contributed by atoms with Crippen molar-refractivity contribution >= 4 is 29.9 Å². The van der Waals surface area contributed by atoms with Gasteiger partial charge in [0.25, 0.3) is 6.43 Å². The van der Waals surface area contributed by atoms with E-state index in [-0.39, 0.29) is 43.2 Å². The fraction of sp³-hybridized carbons (Fsp3) is 0.944.